The number of nitrogens with one attached hydrogen (secondary N) is 1. The van der Waals surface area contributed by atoms with Crippen LogP contribution in [0.3, 0.4) is 0 Å². The number of hydrogen-bond donors (Lipinski definition) is 1. The number of carbonyl (C=O) groups excluding carboxylic acids is 1. The number of benzene rings is 1. The number of thiophene rings is 1. The molecule has 2 aromatic heterocycles. The molecule has 1 aliphatic carbocycles. The predicted molar refractivity (Wildman–Crippen MR) is 115 cm³/mol. The fraction of sp³-hybridized carbons (Fsp3) is 0.333. The van der Waals surface area contributed by atoms with Crippen molar-refractivity contribution in [3.8, 4) is 0 Å². The Balaban J connectivity index is 1.44. The molecule has 1 N–H and O–H groups in total. The molecular formula is C24H26N2OS. The fourth-order valence-electron chi connectivity index (χ4n) is 3.92. The van der Waals surface area contributed by atoms with E-state index in [9.17, 15) is 4.79 Å². The molecule has 144 valence electrons. The van der Waals surface area contributed by atoms with Gasteiger partial charge in [-0.05, 0) is 78.8 Å². The van der Waals surface area contributed by atoms with E-state index in [1.54, 1.807) is 17.5 Å². The topological polar surface area (TPSA) is 42.0 Å². The molecule has 2 heterocycles. The lowest BCUT2D eigenvalue weighted by atomic mass is 9.89. The van der Waals surface area contributed by atoms with Gasteiger partial charge in [0.2, 0.25) is 5.91 Å². The van der Waals surface area contributed by atoms with E-state index in [0.717, 1.165) is 25.0 Å². The highest BCUT2D eigenvalue weighted by molar-refractivity contribution is 7.10. The van der Waals surface area contributed by atoms with Gasteiger partial charge in [-0.3, -0.25) is 9.78 Å². The highest BCUT2D eigenvalue weighted by Crippen LogP contribution is 2.30. The maximum atomic E-state index is 12.7. The van der Waals surface area contributed by atoms with Crippen LogP contribution in [0.1, 0.15) is 59.0 Å². The lowest BCUT2D eigenvalue weighted by molar-refractivity contribution is -0.121. The minimum atomic E-state index is -0.0606. The molecule has 0 bridgehead atoms. The first-order valence-corrected chi connectivity index (χ1v) is 11.0. The van der Waals surface area contributed by atoms with Crippen molar-refractivity contribution in [2.45, 2.75) is 51.0 Å². The van der Waals surface area contributed by atoms with E-state index in [2.05, 4.69) is 46.0 Å². The molecule has 4 heteroatoms. The van der Waals surface area contributed by atoms with Gasteiger partial charge in [-0.1, -0.05) is 30.3 Å². The SMILES string of the molecule is O=C(CCCc1ccccn1)NC(c1ccc2c(c1)CCCC2)c1cccs1. The number of carbonyl (C=O) groups is 1. The molecule has 0 spiro atoms. The number of nitrogens with zero attached hydrogens (tertiary/aromatic N) is 1. The quantitative estimate of drug-likeness (QED) is 0.599. The maximum Gasteiger partial charge on any atom is 0.220 e. The van der Waals surface area contributed by atoms with E-state index < -0.39 is 0 Å². The molecule has 0 aliphatic heterocycles. The van der Waals surface area contributed by atoms with Gasteiger partial charge in [0.15, 0.2) is 0 Å². The van der Waals surface area contributed by atoms with Crippen LogP contribution in [0.4, 0.5) is 0 Å². The Morgan fingerprint density at radius 3 is 2.75 bits per heavy atom. The number of aromatic nitrogens is 1. The number of pyridine rings is 1. The average Bonchev–Trinajstić information content (AvgIpc) is 3.27. The van der Waals surface area contributed by atoms with E-state index in [1.165, 1.54) is 40.8 Å². The van der Waals surface area contributed by atoms with Crippen LogP contribution in [0.15, 0.2) is 60.1 Å². The summed E-state index contributed by atoms with van der Waals surface area (Å²) in [7, 11) is 0. The molecule has 0 saturated carbocycles. The molecule has 0 radical (unpaired) electrons. The van der Waals surface area contributed by atoms with E-state index in [4.69, 9.17) is 0 Å². The standard InChI is InChI=1S/C24H26N2OS/c27-23(12-5-10-21-9-3-4-15-25-21)26-24(22-11-6-16-28-22)20-14-13-18-7-1-2-8-19(18)17-20/h3-4,6,9,11,13-17,24H,1-2,5,7-8,10,12H2,(H,26,27). The Labute approximate surface area is 170 Å². The van der Waals surface area contributed by atoms with Gasteiger partial charge in [0.1, 0.15) is 0 Å². The van der Waals surface area contributed by atoms with Crippen LogP contribution >= 0.6 is 11.3 Å². The van der Waals surface area contributed by atoms with Crippen molar-refractivity contribution < 1.29 is 4.79 Å². The third-order valence-corrected chi connectivity index (χ3v) is 6.34. The first kappa shape index (κ1) is 18.9. The number of aryl methyl sites for hydroxylation is 3. The van der Waals surface area contributed by atoms with E-state index in [1.807, 2.05) is 18.2 Å². The summed E-state index contributed by atoms with van der Waals surface area (Å²) in [5, 5.41) is 5.36. The van der Waals surface area contributed by atoms with E-state index in [-0.39, 0.29) is 11.9 Å². The zero-order valence-corrected chi connectivity index (χ0v) is 16.9. The highest BCUT2D eigenvalue weighted by atomic mass is 32.1. The first-order chi connectivity index (χ1) is 13.8. The second-order valence-corrected chi connectivity index (χ2v) is 8.41. The lowest BCUT2D eigenvalue weighted by Gasteiger charge is -2.22. The Hall–Kier alpha value is -2.46. The van der Waals surface area contributed by atoms with Crippen molar-refractivity contribution in [3.63, 3.8) is 0 Å². The minimum absolute atomic E-state index is 0.0606. The Kier molecular flexibility index (Phi) is 6.17. The van der Waals surface area contributed by atoms with Gasteiger partial charge in [-0.2, -0.15) is 0 Å². The van der Waals surface area contributed by atoms with E-state index in [0.29, 0.717) is 6.42 Å². The highest BCUT2D eigenvalue weighted by Gasteiger charge is 2.20. The van der Waals surface area contributed by atoms with Gasteiger partial charge in [-0.25, -0.2) is 0 Å². The second-order valence-electron chi connectivity index (χ2n) is 7.43. The summed E-state index contributed by atoms with van der Waals surface area (Å²) in [5.41, 5.74) is 5.16. The molecule has 28 heavy (non-hydrogen) atoms. The van der Waals surface area contributed by atoms with Gasteiger partial charge >= 0.3 is 0 Å². The average molecular weight is 391 g/mol. The van der Waals surface area contributed by atoms with Gasteiger partial charge in [0.05, 0.1) is 6.04 Å². The number of fused-ring (bicyclic) bond motifs is 1. The minimum Gasteiger partial charge on any atom is -0.344 e. The van der Waals surface area contributed by atoms with Gasteiger partial charge in [-0.15, -0.1) is 11.3 Å². The monoisotopic (exact) mass is 390 g/mol. The Bertz CT molecular complexity index is 906. The normalized spacial score (nSPS) is 14.3. The fourth-order valence-corrected chi connectivity index (χ4v) is 4.72. The second kappa shape index (κ2) is 9.16. The third-order valence-electron chi connectivity index (χ3n) is 5.40. The molecule has 1 aromatic carbocycles. The van der Waals surface area contributed by atoms with Crippen molar-refractivity contribution in [2.75, 3.05) is 0 Å². The van der Waals surface area contributed by atoms with Crippen LogP contribution < -0.4 is 5.32 Å². The smallest absolute Gasteiger partial charge is 0.220 e. The van der Waals surface area contributed by atoms with Gasteiger partial charge in [0.25, 0.3) is 0 Å². The number of rotatable bonds is 7. The van der Waals surface area contributed by atoms with Crippen molar-refractivity contribution in [1.82, 2.24) is 10.3 Å². The maximum absolute atomic E-state index is 12.7. The Morgan fingerprint density at radius 1 is 1.07 bits per heavy atom. The van der Waals surface area contributed by atoms with Crippen molar-refractivity contribution in [1.29, 1.82) is 0 Å². The molecular weight excluding hydrogens is 364 g/mol. The van der Waals surface area contributed by atoms with E-state index >= 15 is 0 Å². The third kappa shape index (κ3) is 4.68. The van der Waals surface area contributed by atoms with Crippen molar-refractivity contribution >= 4 is 17.2 Å². The molecule has 1 atom stereocenters. The molecule has 3 nitrogen and oxygen atoms in total. The number of hydrogen-bond acceptors (Lipinski definition) is 3. The summed E-state index contributed by atoms with van der Waals surface area (Å²) in [6, 6.07) is 16.8. The molecule has 1 unspecified atom stereocenters. The first-order valence-electron chi connectivity index (χ1n) is 10.1. The summed E-state index contributed by atoms with van der Waals surface area (Å²) < 4.78 is 0. The largest absolute Gasteiger partial charge is 0.344 e. The van der Waals surface area contributed by atoms with Crippen LogP contribution in [0.5, 0.6) is 0 Å². The van der Waals surface area contributed by atoms with Crippen LogP contribution in [0.25, 0.3) is 0 Å². The van der Waals surface area contributed by atoms with Crippen LogP contribution in [-0.4, -0.2) is 10.9 Å². The predicted octanol–water partition coefficient (Wildman–Crippen LogP) is 5.25. The lowest BCUT2D eigenvalue weighted by Crippen LogP contribution is -2.29. The summed E-state index contributed by atoms with van der Waals surface area (Å²) >= 11 is 1.70. The van der Waals surface area contributed by atoms with Crippen molar-refractivity contribution in [2.24, 2.45) is 0 Å². The summed E-state index contributed by atoms with van der Waals surface area (Å²) in [5.74, 6) is 0.104. The molecule has 1 aliphatic rings. The summed E-state index contributed by atoms with van der Waals surface area (Å²) in [6.45, 7) is 0. The molecule has 0 saturated heterocycles. The van der Waals surface area contributed by atoms with Crippen molar-refractivity contribution in [3.05, 3.63) is 87.4 Å². The molecule has 4 rings (SSSR count). The summed E-state index contributed by atoms with van der Waals surface area (Å²) in [4.78, 5) is 18.2. The zero-order chi connectivity index (χ0) is 19.2. The molecule has 0 fully saturated rings. The van der Waals surface area contributed by atoms with Crippen LogP contribution in [-0.2, 0) is 24.1 Å². The molecule has 1 amide bonds. The number of amides is 1. The zero-order valence-electron chi connectivity index (χ0n) is 16.1. The summed E-state index contributed by atoms with van der Waals surface area (Å²) in [6.07, 6.45) is 8.84. The van der Waals surface area contributed by atoms with Crippen LogP contribution in [0, 0.1) is 0 Å². The van der Waals surface area contributed by atoms with Gasteiger partial charge < -0.3 is 5.32 Å². The Morgan fingerprint density at radius 2 is 1.96 bits per heavy atom. The van der Waals surface area contributed by atoms with Crippen LogP contribution in [0.2, 0.25) is 0 Å². The molecule has 3 aromatic rings. The van der Waals surface area contributed by atoms with Gasteiger partial charge in [0, 0.05) is 23.2 Å².